The highest BCUT2D eigenvalue weighted by atomic mass is 79.9. The van der Waals surface area contributed by atoms with Crippen molar-refractivity contribution in [2.24, 2.45) is 0 Å². The largest absolute Gasteiger partial charge is 0.436 e. The SMILES string of the molecule is C[C@@H]1CCC[C@@H](C)N1C(=O)[C@@H](C)n1nc(C(F)(F)F)c(Br)c1C1CC1. The maximum atomic E-state index is 13.3. The van der Waals surface area contributed by atoms with Crippen LogP contribution in [0.25, 0.3) is 0 Å². The van der Waals surface area contributed by atoms with E-state index >= 15 is 0 Å². The Morgan fingerprint density at radius 2 is 1.76 bits per heavy atom. The van der Waals surface area contributed by atoms with E-state index in [-0.39, 0.29) is 28.4 Å². The fourth-order valence-corrected chi connectivity index (χ4v) is 4.61. The van der Waals surface area contributed by atoms with Gasteiger partial charge in [-0.15, -0.1) is 0 Å². The van der Waals surface area contributed by atoms with E-state index in [1.165, 1.54) is 4.68 Å². The fourth-order valence-electron chi connectivity index (χ4n) is 3.80. The third-order valence-corrected chi connectivity index (χ3v) is 6.07. The van der Waals surface area contributed by atoms with Gasteiger partial charge in [0.2, 0.25) is 5.91 Å². The number of alkyl halides is 3. The number of nitrogens with zero attached hydrogens (tertiary/aromatic N) is 3. The molecule has 1 saturated heterocycles. The lowest BCUT2D eigenvalue weighted by atomic mass is 9.96. The Kier molecular flexibility index (Phi) is 4.94. The minimum Gasteiger partial charge on any atom is -0.335 e. The molecule has 2 heterocycles. The Bertz CT molecular complexity index is 659. The van der Waals surface area contributed by atoms with Crippen molar-refractivity contribution in [2.45, 2.75) is 83.1 Å². The minimum absolute atomic E-state index is 0.0121. The van der Waals surface area contributed by atoms with Gasteiger partial charge in [-0.1, -0.05) is 0 Å². The van der Waals surface area contributed by atoms with Gasteiger partial charge >= 0.3 is 6.18 Å². The average molecular weight is 422 g/mol. The van der Waals surface area contributed by atoms with Gasteiger partial charge in [0.1, 0.15) is 6.04 Å². The smallest absolute Gasteiger partial charge is 0.335 e. The Morgan fingerprint density at radius 3 is 2.24 bits per heavy atom. The zero-order chi connectivity index (χ0) is 18.5. The summed E-state index contributed by atoms with van der Waals surface area (Å²) in [5, 5.41) is 3.81. The molecule has 1 aromatic rings. The number of piperidine rings is 1. The van der Waals surface area contributed by atoms with Crippen LogP contribution >= 0.6 is 15.9 Å². The monoisotopic (exact) mass is 421 g/mol. The summed E-state index contributed by atoms with van der Waals surface area (Å²) in [6, 6.07) is -0.542. The maximum Gasteiger partial charge on any atom is 0.436 e. The van der Waals surface area contributed by atoms with Crippen molar-refractivity contribution in [2.75, 3.05) is 0 Å². The number of carbonyl (C=O) groups excluding carboxylic acids is 1. The first-order chi connectivity index (χ1) is 11.6. The van der Waals surface area contributed by atoms with Crippen molar-refractivity contribution in [3.05, 3.63) is 15.9 Å². The molecule has 1 saturated carbocycles. The number of aromatic nitrogens is 2. The first-order valence-corrected chi connectivity index (χ1v) is 9.59. The molecule has 25 heavy (non-hydrogen) atoms. The molecular formula is C17H23BrF3N3O. The quantitative estimate of drug-likeness (QED) is 0.696. The fraction of sp³-hybridized carbons (Fsp3) is 0.765. The third kappa shape index (κ3) is 3.46. The van der Waals surface area contributed by atoms with Crippen molar-refractivity contribution < 1.29 is 18.0 Å². The molecule has 0 N–H and O–H groups in total. The van der Waals surface area contributed by atoms with Crippen LogP contribution in [0.4, 0.5) is 13.2 Å². The molecule has 1 aliphatic carbocycles. The van der Waals surface area contributed by atoms with E-state index in [4.69, 9.17) is 0 Å². The second kappa shape index (κ2) is 6.59. The number of hydrogen-bond acceptors (Lipinski definition) is 2. The topological polar surface area (TPSA) is 38.1 Å². The van der Waals surface area contributed by atoms with Gasteiger partial charge in [0.25, 0.3) is 0 Å². The summed E-state index contributed by atoms with van der Waals surface area (Å²) in [5.41, 5.74) is -0.431. The molecule has 3 atom stereocenters. The van der Waals surface area contributed by atoms with Gasteiger partial charge in [0.15, 0.2) is 5.69 Å². The summed E-state index contributed by atoms with van der Waals surface area (Å²) in [5.74, 6) is -0.102. The summed E-state index contributed by atoms with van der Waals surface area (Å²) in [7, 11) is 0. The van der Waals surface area contributed by atoms with Crippen LogP contribution in [0, 0.1) is 0 Å². The Labute approximate surface area is 153 Å². The molecule has 8 heteroatoms. The zero-order valence-corrected chi connectivity index (χ0v) is 16.2. The van der Waals surface area contributed by atoms with Gasteiger partial charge in [-0.3, -0.25) is 9.48 Å². The van der Waals surface area contributed by atoms with E-state index in [2.05, 4.69) is 21.0 Å². The van der Waals surface area contributed by atoms with E-state index < -0.39 is 17.9 Å². The van der Waals surface area contributed by atoms with Gasteiger partial charge in [-0.25, -0.2) is 0 Å². The van der Waals surface area contributed by atoms with Crippen LogP contribution in [0.5, 0.6) is 0 Å². The van der Waals surface area contributed by atoms with Crippen LogP contribution in [0.2, 0.25) is 0 Å². The van der Waals surface area contributed by atoms with Gasteiger partial charge in [0, 0.05) is 18.0 Å². The van der Waals surface area contributed by atoms with Crippen LogP contribution in [0.1, 0.15) is 76.2 Å². The molecular weight excluding hydrogens is 399 g/mol. The molecule has 4 nitrogen and oxygen atoms in total. The summed E-state index contributed by atoms with van der Waals surface area (Å²) in [4.78, 5) is 14.9. The number of rotatable bonds is 3. The second-order valence-corrected chi connectivity index (χ2v) is 8.11. The molecule has 2 fully saturated rings. The van der Waals surface area contributed by atoms with E-state index in [0.29, 0.717) is 5.69 Å². The number of carbonyl (C=O) groups is 1. The summed E-state index contributed by atoms with van der Waals surface area (Å²) in [6.45, 7) is 5.66. The van der Waals surface area contributed by atoms with E-state index in [9.17, 15) is 18.0 Å². The highest BCUT2D eigenvalue weighted by molar-refractivity contribution is 9.10. The van der Waals surface area contributed by atoms with Crippen LogP contribution < -0.4 is 0 Å². The molecule has 2 aliphatic rings. The molecule has 140 valence electrons. The first kappa shape index (κ1) is 18.7. The standard InChI is InChI=1S/C17H23BrF3N3O/c1-9-5-4-6-10(2)23(9)16(25)11(3)24-14(12-7-8-12)13(18)15(22-24)17(19,20)21/h9-12H,4-8H2,1-3H3/t9-,10-,11-/m1/s1. The van der Waals surface area contributed by atoms with Crippen LogP contribution in [-0.2, 0) is 11.0 Å². The molecule has 0 bridgehead atoms. The van der Waals surface area contributed by atoms with Crippen molar-refractivity contribution in [1.29, 1.82) is 0 Å². The molecule has 1 aliphatic heterocycles. The lowest BCUT2D eigenvalue weighted by Gasteiger charge is -2.40. The Hall–Kier alpha value is -1.05. The molecule has 0 aromatic carbocycles. The lowest BCUT2D eigenvalue weighted by Crippen LogP contribution is -2.50. The zero-order valence-electron chi connectivity index (χ0n) is 14.6. The predicted octanol–water partition coefficient (Wildman–Crippen LogP) is 4.89. The Morgan fingerprint density at radius 1 is 1.20 bits per heavy atom. The molecule has 0 unspecified atom stereocenters. The highest BCUT2D eigenvalue weighted by Crippen LogP contribution is 2.48. The van der Waals surface area contributed by atoms with Crippen molar-refractivity contribution in [3.63, 3.8) is 0 Å². The molecule has 1 amide bonds. The van der Waals surface area contributed by atoms with Gasteiger partial charge < -0.3 is 4.90 Å². The van der Waals surface area contributed by atoms with Gasteiger partial charge in [-0.2, -0.15) is 18.3 Å². The number of likely N-dealkylation sites (tertiary alicyclic amines) is 1. The maximum absolute atomic E-state index is 13.3. The Balaban J connectivity index is 1.96. The van der Waals surface area contributed by atoms with E-state index in [1.54, 1.807) is 6.92 Å². The molecule has 1 aromatic heterocycles. The second-order valence-electron chi connectivity index (χ2n) is 7.31. The minimum atomic E-state index is -4.54. The van der Waals surface area contributed by atoms with E-state index in [1.807, 2.05) is 18.7 Å². The number of halogens is 4. The summed E-state index contributed by atoms with van der Waals surface area (Å²) in [6.07, 6.45) is 0.0450. The normalized spacial score (nSPS) is 26.0. The number of amides is 1. The van der Waals surface area contributed by atoms with Crippen molar-refractivity contribution >= 4 is 21.8 Å². The third-order valence-electron chi connectivity index (χ3n) is 5.29. The molecule has 0 radical (unpaired) electrons. The average Bonchev–Trinajstić information content (AvgIpc) is 3.27. The van der Waals surface area contributed by atoms with E-state index in [0.717, 1.165) is 32.1 Å². The summed E-state index contributed by atoms with van der Waals surface area (Å²) >= 11 is 3.09. The molecule has 3 rings (SSSR count). The summed E-state index contributed by atoms with van der Waals surface area (Å²) < 4.78 is 41.1. The van der Waals surface area contributed by atoms with Crippen molar-refractivity contribution in [3.8, 4) is 0 Å². The number of hydrogen-bond donors (Lipinski definition) is 0. The van der Waals surface area contributed by atoms with Gasteiger partial charge in [-0.05, 0) is 68.8 Å². The lowest BCUT2D eigenvalue weighted by molar-refractivity contribution is -0.144. The van der Waals surface area contributed by atoms with Gasteiger partial charge in [0.05, 0.1) is 10.2 Å². The first-order valence-electron chi connectivity index (χ1n) is 8.80. The van der Waals surface area contributed by atoms with Crippen LogP contribution in [0.3, 0.4) is 0 Å². The molecule has 0 spiro atoms. The van der Waals surface area contributed by atoms with Crippen molar-refractivity contribution in [1.82, 2.24) is 14.7 Å². The highest BCUT2D eigenvalue weighted by Gasteiger charge is 2.44. The van der Waals surface area contributed by atoms with Crippen LogP contribution in [0.15, 0.2) is 4.47 Å². The predicted molar refractivity (Wildman–Crippen MR) is 91.2 cm³/mol. The van der Waals surface area contributed by atoms with Crippen LogP contribution in [-0.4, -0.2) is 32.7 Å².